The van der Waals surface area contributed by atoms with E-state index >= 15 is 0 Å². The van der Waals surface area contributed by atoms with Gasteiger partial charge in [0.2, 0.25) is 0 Å². The fourth-order valence-electron chi connectivity index (χ4n) is 5.71. The molecule has 7 nitrogen and oxygen atoms in total. The zero-order chi connectivity index (χ0) is 29.5. The SMILES string of the molecule is CC(C)C(C)(O)C1CN(c2cc(=O)n(C)c3ccc(C#N)nc23)CCN1C(c1ccc(F)cc1)c1ccc(F)cc1. The quantitative estimate of drug-likeness (QED) is 0.368. The van der Waals surface area contributed by atoms with E-state index in [0.717, 1.165) is 11.1 Å². The van der Waals surface area contributed by atoms with Crippen LogP contribution in [-0.2, 0) is 7.05 Å². The van der Waals surface area contributed by atoms with E-state index in [9.17, 15) is 23.9 Å². The maximum Gasteiger partial charge on any atom is 0.252 e. The molecule has 4 aromatic rings. The van der Waals surface area contributed by atoms with Gasteiger partial charge < -0.3 is 14.6 Å². The molecule has 1 saturated heterocycles. The Hall–Kier alpha value is -4.13. The van der Waals surface area contributed by atoms with Gasteiger partial charge in [0.1, 0.15) is 28.9 Å². The highest BCUT2D eigenvalue weighted by molar-refractivity contribution is 5.88. The van der Waals surface area contributed by atoms with Crippen molar-refractivity contribution < 1.29 is 13.9 Å². The average molecular weight is 558 g/mol. The molecule has 1 aliphatic heterocycles. The van der Waals surface area contributed by atoms with Crippen LogP contribution in [0.25, 0.3) is 11.0 Å². The van der Waals surface area contributed by atoms with E-state index < -0.39 is 17.7 Å². The molecule has 0 amide bonds. The fourth-order valence-corrected chi connectivity index (χ4v) is 5.71. The minimum atomic E-state index is -1.18. The minimum Gasteiger partial charge on any atom is -0.388 e. The molecule has 0 aliphatic carbocycles. The number of fused-ring (bicyclic) bond motifs is 1. The minimum absolute atomic E-state index is 0.138. The van der Waals surface area contributed by atoms with E-state index in [1.165, 1.54) is 34.9 Å². The highest BCUT2D eigenvalue weighted by Gasteiger charge is 2.45. The number of rotatable bonds is 6. The van der Waals surface area contributed by atoms with Gasteiger partial charge in [0.05, 0.1) is 28.9 Å². The van der Waals surface area contributed by atoms with Crippen LogP contribution in [0, 0.1) is 28.9 Å². The molecule has 1 N–H and O–H groups in total. The Morgan fingerprint density at radius 2 is 1.59 bits per heavy atom. The van der Waals surface area contributed by atoms with Crippen molar-refractivity contribution in [2.24, 2.45) is 13.0 Å². The molecule has 0 bridgehead atoms. The lowest BCUT2D eigenvalue weighted by Crippen LogP contribution is -2.64. The molecule has 2 aromatic carbocycles. The lowest BCUT2D eigenvalue weighted by molar-refractivity contribution is -0.0783. The number of piperazine rings is 1. The summed E-state index contributed by atoms with van der Waals surface area (Å²) in [5, 5.41) is 21.5. The van der Waals surface area contributed by atoms with E-state index in [4.69, 9.17) is 0 Å². The van der Waals surface area contributed by atoms with E-state index in [1.54, 1.807) is 50.4 Å². The molecule has 0 saturated carbocycles. The summed E-state index contributed by atoms with van der Waals surface area (Å²) in [6.07, 6.45) is 0. The molecule has 212 valence electrons. The molecule has 9 heteroatoms. The van der Waals surface area contributed by atoms with Crippen molar-refractivity contribution in [2.45, 2.75) is 38.5 Å². The van der Waals surface area contributed by atoms with Crippen LogP contribution in [0.2, 0.25) is 0 Å². The molecular weight excluding hydrogens is 524 g/mol. The Balaban J connectivity index is 1.64. The van der Waals surface area contributed by atoms with Crippen LogP contribution >= 0.6 is 0 Å². The van der Waals surface area contributed by atoms with E-state index in [-0.39, 0.29) is 28.8 Å². The molecule has 1 aliphatic rings. The van der Waals surface area contributed by atoms with E-state index in [0.29, 0.717) is 36.4 Å². The van der Waals surface area contributed by atoms with Gasteiger partial charge in [-0.15, -0.1) is 0 Å². The normalized spacial score (nSPS) is 17.7. The van der Waals surface area contributed by atoms with Gasteiger partial charge in [-0.3, -0.25) is 9.69 Å². The molecule has 2 atom stereocenters. The van der Waals surface area contributed by atoms with Crippen molar-refractivity contribution in [3.05, 3.63) is 106 Å². The van der Waals surface area contributed by atoms with Crippen molar-refractivity contribution >= 4 is 16.7 Å². The summed E-state index contributed by atoms with van der Waals surface area (Å²) >= 11 is 0. The Kier molecular flexibility index (Phi) is 7.64. The second-order valence-corrected chi connectivity index (χ2v) is 11.2. The summed E-state index contributed by atoms with van der Waals surface area (Å²) in [4.78, 5) is 21.7. The van der Waals surface area contributed by atoms with Gasteiger partial charge in [0, 0.05) is 32.7 Å². The number of anilines is 1. The first-order valence-electron chi connectivity index (χ1n) is 13.7. The molecule has 41 heavy (non-hydrogen) atoms. The Morgan fingerprint density at radius 3 is 2.12 bits per heavy atom. The number of hydrogen-bond acceptors (Lipinski definition) is 6. The largest absolute Gasteiger partial charge is 0.388 e. The summed E-state index contributed by atoms with van der Waals surface area (Å²) in [6.45, 7) is 7.03. The average Bonchev–Trinajstić information content (AvgIpc) is 2.96. The monoisotopic (exact) mass is 557 g/mol. The molecule has 2 aromatic heterocycles. The highest BCUT2D eigenvalue weighted by Crippen LogP contribution is 2.39. The van der Waals surface area contributed by atoms with Crippen LogP contribution in [0.15, 0.2) is 71.5 Å². The zero-order valence-corrected chi connectivity index (χ0v) is 23.6. The van der Waals surface area contributed by atoms with Crippen LogP contribution in [0.4, 0.5) is 14.5 Å². The third kappa shape index (κ3) is 5.33. The Morgan fingerprint density at radius 1 is 1.00 bits per heavy atom. The van der Waals surface area contributed by atoms with Gasteiger partial charge in [0.15, 0.2) is 0 Å². The summed E-state index contributed by atoms with van der Waals surface area (Å²) in [7, 11) is 1.67. The van der Waals surface area contributed by atoms with E-state index in [1.807, 2.05) is 18.7 Å². The number of benzene rings is 2. The highest BCUT2D eigenvalue weighted by atomic mass is 19.1. The van der Waals surface area contributed by atoms with Crippen molar-refractivity contribution in [2.75, 3.05) is 24.5 Å². The summed E-state index contributed by atoms with van der Waals surface area (Å²) in [6, 6.07) is 18.6. The number of hydrogen-bond donors (Lipinski definition) is 1. The third-order valence-corrected chi connectivity index (χ3v) is 8.49. The van der Waals surface area contributed by atoms with Crippen LogP contribution in [-0.4, -0.2) is 50.8 Å². The standard InChI is InChI=1S/C32H33F2N5O2/c1-20(2)32(3,41)28-19-38(27-17-29(40)37(4)26-14-13-25(18-35)36-30(26)27)15-16-39(28)31(21-5-9-23(33)10-6-21)22-7-11-24(34)12-8-22/h5-14,17,20,28,31,41H,15-16,19H2,1-4H3. The first kappa shape index (κ1) is 28.4. The number of nitriles is 1. The predicted molar refractivity (Wildman–Crippen MR) is 155 cm³/mol. The second kappa shape index (κ2) is 11.0. The molecule has 3 heterocycles. The number of halogens is 2. The van der Waals surface area contributed by atoms with Crippen LogP contribution in [0.5, 0.6) is 0 Å². The van der Waals surface area contributed by atoms with Gasteiger partial charge in [0.25, 0.3) is 5.56 Å². The molecule has 2 unspecified atom stereocenters. The number of aryl methyl sites for hydroxylation is 1. The first-order chi connectivity index (χ1) is 19.5. The Labute approximate surface area is 237 Å². The van der Waals surface area contributed by atoms with Crippen LogP contribution in [0.1, 0.15) is 43.6 Å². The smallest absolute Gasteiger partial charge is 0.252 e. The van der Waals surface area contributed by atoms with Gasteiger partial charge in [-0.2, -0.15) is 5.26 Å². The van der Waals surface area contributed by atoms with Crippen molar-refractivity contribution in [1.29, 1.82) is 5.26 Å². The van der Waals surface area contributed by atoms with Gasteiger partial charge in [-0.25, -0.2) is 13.8 Å². The lowest BCUT2D eigenvalue weighted by atomic mass is 9.81. The molecule has 0 spiro atoms. The van der Waals surface area contributed by atoms with Gasteiger partial charge in [-0.1, -0.05) is 38.1 Å². The lowest BCUT2D eigenvalue weighted by Gasteiger charge is -2.52. The van der Waals surface area contributed by atoms with Crippen molar-refractivity contribution in [3.8, 4) is 6.07 Å². The summed E-state index contributed by atoms with van der Waals surface area (Å²) < 4.78 is 29.4. The van der Waals surface area contributed by atoms with Crippen LogP contribution < -0.4 is 10.5 Å². The molecule has 0 radical (unpaired) electrons. The summed E-state index contributed by atoms with van der Waals surface area (Å²) in [5.74, 6) is -0.853. The molecular formula is C32H33F2N5O2. The maximum absolute atomic E-state index is 13.9. The molecule has 1 fully saturated rings. The van der Waals surface area contributed by atoms with Crippen molar-refractivity contribution in [3.63, 3.8) is 0 Å². The predicted octanol–water partition coefficient (Wildman–Crippen LogP) is 4.77. The topological polar surface area (TPSA) is 85.4 Å². The number of pyridine rings is 2. The van der Waals surface area contributed by atoms with Crippen LogP contribution in [0.3, 0.4) is 0 Å². The fraction of sp³-hybridized carbons (Fsp3) is 0.344. The third-order valence-electron chi connectivity index (χ3n) is 8.49. The maximum atomic E-state index is 13.9. The zero-order valence-electron chi connectivity index (χ0n) is 23.6. The van der Waals surface area contributed by atoms with E-state index in [2.05, 4.69) is 16.0 Å². The Bertz CT molecular complexity index is 1610. The van der Waals surface area contributed by atoms with Crippen molar-refractivity contribution in [1.82, 2.24) is 14.5 Å². The summed E-state index contributed by atoms with van der Waals surface area (Å²) in [5.41, 5.74) is 2.24. The van der Waals surface area contributed by atoms with Gasteiger partial charge in [-0.05, 0) is 60.4 Å². The first-order valence-corrected chi connectivity index (χ1v) is 13.7. The number of nitrogens with zero attached hydrogens (tertiary/aromatic N) is 5. The second-order valence-electron chi connectivity index (χ2n) is 11.2. The number of aromatic nitrogens is 2. The number of aliphatic hydroxyl groups is 1. The van der Waals surface area contributed by atoms with Gasteiger partial charge >= 0.3 is 0 Å². The molecule has 5 rings (SSSR count).